The molecular formula is C40H65NO8. The summed E-state index contributed by atoms with van der Waals surface area (Å²) in [4.78, 5) is 36.4. The predicted octanol–water partition coefficient (Wildman–Crippen LogP) is 7.10. The summed E-state index contributed by atoms with van der Waals surface area (Å²) in [7, 11) is 5.85. The average Bonchev–Trinajstić information content (AvgIpc) is 3.05. The van der Waals surface area contributed by atoms with E-state index in [1.807, 2.05) is 33.3 Å². The molecule has 0 aromatic heterocycles. The molecule has 9 nitrogen and oxygen atoms in total. The molecule has 0 heterocycles. The molecular weight excluding hydrogens is 622 g/mol. The molecule has 0 aromatic rings. The minimum absolute atomic E-state index is 0.119. The number of carbonyl (C=O) groups is 3. The zero-order valence-corrected chi connectivity index (χ0v) is 31.0. The number of carbonyl (C=O) groups excluding carboxylic acids is 3. The van der Waals surface area contributed by atoms with Crippen molar-refractivity contribution in [3.05, 3.63) is 72.9 Å². The van der Waals surface area contributed by atoms with Crippen molar-refractivity contribution in [2.24, 2.45) is 0 Å². The summed E-state index contributed by atoms with van der Waals surface area (Å²) in [5, 5.41) is 11.6. The van der Waals surface area contributed by atoms with Crippen LogP contribution in [0.1, 0.15) is 104 Å². The van der Waals surface area contributed by atoms with Gasteiger partial charge in [-0.2, -0.15) is 0 Å². The van der Waals surface area contributed by atoms with Crippen molar-refractivity contribution in [2.75, 3.05) is 47.5 Å². The molecule has 0 aromatic carbocycles. The predicted molar refractivity (Wildman–Crippen MR) is 195 cm³/mol. The molecule has 278 valence electrons. The number of carboxylic acids is 1. The van der Waals surface area contributed by atoms with E-state index in [1.165, 1.54) is 0 Å². The maximum Gasteiger partial charge on any atom is 0.306 e. The molecule has 2 atom stereocenters. The van der Waals surface area contributed by atoms with E-state index >= 15 is 0 Å². The lowest BCUT2D eigenvalue weighted by molar-refractivity contribution is -0.870. The summed E-state index contributed by atoms with van der Waals surface area (Å²) in [6.07, 6.45) is 34.3. The molecule has 0 saturated heterocycles. The Morgan fingerprint density at radius 3 is 1.67 bits per heavy atom. The highest BCUT2D eigenvalue weighted by atomic mass is 16.7. The molecule has 0 aliphatic heterocycles. The lowest BCUT2D eigenvalue weighted by Crippen LogP contribution is -2.44. The Morgan fingerprint density at radius 1 is 0.633 bits per heavy atom. The molecule has 0 N–H and O–H groups in total. The van der Waals surface area contributed by atoms with Gasteiger partial charge < -0.3 is 33.3 Å². The number of ether oxygens (including phenoxy) is 4. The van der Waals surface area contributed by atoms with Gasteiger partial charge in [0.25, 0.3) is 0 Å². The summed E-state index contributed by atoms with van der Waals surface area (Å²) in [5.74, 6) is -2.43. The molecule has 0 saturated carbocycles. The number of quaternary nitrogens is 1. The summed E-state index contributed by atoms with van der Waals surface area (Å²) in [5.41, 5.74) is 0. The van der Waals surface area contributed by atoms with Crippen LogP contribution in [0.15, 0.2) is 72.9 Å². The van der Waals surface area contributed by atoms with Gasteiger partial charge >= 0.3 is 11.9 Å². The van der Waals surface area contributed by atoms with E-state index in [-0.39, 0.29) is 32.7 Å². The fourth-order valence-corrected chi connectivity index (χ4v) is 4.15. The van der Waals surface area contributed by atoms with Crippen molar-refractivity contribution in [2.45, 2.75) is 116 Å². The second-order valence-electron chi connectivity index (χ2n) is 12.8. The second-order valence-corrected chi connectivity index (χ2v) is 12.8. The van der Waals surface area contributed by atoms with Crippen LogP contribution in [0.2, 0.25) is 0 Å². The lowest BCUT2D eigenvalue weighted by atomic mass is 10.1. The third kappa shape index (κ3) is 33.0. The van der Waals surface area contributed by atoms with Gasteiger partial charge in [-0.15, -0.1) is 0 Å². The molecule has 9 heteroatoms. The number of nitrogens with zero attached hydrogens (tertiary/aromatic N) is 1. The minimum Gasteiger partial charge on any atom is -0.545 e. The molecule has 2 unspecified atom stereocenters. The molecule has 0 fully saturated rings. The van der Waals surface area contributed by atoms with Crippen LogP contribution in [0.3, 0.4) is 0 Å². The smallest absolute Gasteiger partial charge is 0.306 e. The Morgan fingerprint density at radius 2 is 1.16 bits per heavy atom. The number of unbranched alkanes of at least 4 members (excludes halogenated alkanes) is 4. The van der Waals surface area contributed by atoms with Crippen molar-refractivity contribution in [1.82, 2.24) is 0 Å². The topological polar surface area (TPSA) is 111 Å². The molecule has 49 heavy (non-hydrogen) atoms. The highest BCUT2D eigenvalue weighted by molar-refractivity contribution is 5.70. The standard InChI is InChI=1S/C40H65NO8/c1-6-8-10-12-13-14-15-16-17-18-19-20-21-22-23-24-25-27-29-31-38(43)49-36(34-47-37(42)30-28-26-11-9-7-2)35-48-40(39(44)45)46-33-32-41(3,4)5/h8,10,13-14,16-17,19-20,22-23,25,27,36,40H,6-7,9,11-12,15,18,21,24,26,28-35H2,1-5H3/b10-8-,14-13-,17-16-,20-19-,23-22-,27-25-. The quantitative estimate of drug-likeness (QED) is 0.0250. The van der Waals surface area contributed by atoms with E-state index in [0.29, 0.717) is 17.4 Å². The first-order valence-corrected chi connectivity index (χ1v) is 18.1. The lowest BCUT2D eigenvalue weighted by Gasteiger charge is -2.26. The Balaban J connectivity index is 4.60. The highest BCUT2D eigenvalue weighted by Gasteiger charge is 2.21. The number of hydrogen-bond donors (Lipinski definition) is 0. The van der Waals surface area contributed by atoms with Crippen LogP contribution in [0.25, 0.3) is 0 Å². The number of allylic oxidation sites excluding steroid dienone is 12. The van der Waals surface area contributed by atoms with E-state index in [2.05, 4.69) is 74.6 Å². The van der Waals surface area contributed by atoms with Gasteiger partial charge in [-0.05, 0) is 51.4 Å². The van der Waals surface area contributed by atoms with Gasteiger partial charge in [-0.1, -0.05) is 112 Å². The SMILES string of the molecule is CC/C=C\C/C=C\C/C=C\C/C=C\C/C=C\C/C=C\CCC(=O)OC(COC(=O)CCCCCCC)COC(OCC[N+](C)(C)C)C(=O)[O-]. The number of hydrogen-bond acceptors (Lipinski definition) is 8. The maximum absolute atomic E-state index is 12.6. The van der Waals surface area contributed by atoms with Crippen molar-refractivity contribution in [3.8, 4) is 0 Å². The van der Waals surface area contributed by atoms with E-state index in [1.54, 1.807) is 0 Å². The number of carboxylic acid groups (broad SMARTS) is 1. The van der Waals surface area contributed by atoms with Gasteiger partial charge in [0.1, 0.15) is 13.2 Å². The third-order valence-corrected chi connectivity index (χ3v) is 6.98. The summed E-state index contributed by atoms with van der Waals surface area (Å²) >= 11 is 0. The van der Waals surface area contributed by atoms with Crippen molar-refractivity contribution >= 4 is 17.9 Å². The van der Waals surface area contributed by atoms with Gasteiger partial charge in [-0.3, -0.25) is 9.59 Å². The largest absolute Gasteiger partial charge is 0.545 e. The number of rotatable bonds is 31. The summed E-state index contributed by atoms with van der Waals surface area (Å²) < 4.78 is 22.2. The molecule has 0 rings (SSSR count). The molecule has 0 aliphatic carbocycles. The first-order valence-electron chi connectivity index (χ1n) is 18.1. The zero-order chi connectivity index (χ0) is 36.4. The fraction of sp³-hybridized carbons (Fsp3) is 0.625. The van der Waals surface area contributed by atoms with Crippen LogP contribution in [-0.2, 0) is 33.3 Å². The van der Waals surface area contributed by atoms with Crippen LogP contribution in [0.5, 0.6) is 0 Å². The van der Waals surface area contributed by atoms with E-state index in [9.17, 15) is 19.5 Å². The number of esters is 2. The van der Waals surface area contributed by atoms with Gasteiger partial charge in [0, 0.05) is 12.8 Å². The van der Waals surface area contributed by atoms with E-state index in [0.717, 1.165) is 70.6 Å². The fourth-order valence-electron chi connectivity index (χ4n) is 4.15. The summed E-state index contributed by atoms with van der Waals surface area (Å²) in [6, 6.07) is 0. The van der Waals surface area contributed by atoms with Crippen LogP contribution in [-0.4, -0.2) is 82.3 Å². The van der Waals surface area contributed by atoms with E-state index in [4.69, 9.17) is 18.9 Å². The van der Waals surface area contributed by atoms with Crippen molar-refractivity contribution < 1.29 is 42.9 Å². The molecule has 0 amide bonds. The monoisotopic (exact) mass is 687 g/mol. The van der Waals surface area contributed by atoms with E-state index < -0.39 is 30.3 Å². The number of likely N-dealkylation sites (N-methyl/N-ethyl adjacent to an activating group) is 1. The average molecular weight is 688 g/mol. The van der Waals surface area contributed by atoms with Crippen molar-refractivity contribution in [1.29, 1.82) is 0 Å². The van der Waals surface area contributed by atoms with Gasteiger partial charge in [0.05, 0.1) is 40.3 Å². The van der Waals surface area contributed by atoms with Crippen molar-refractivity contribution in [3.63, 3.8) is 0 Å². The Hall–Kier alpha value is -3.27. The van der Waals surface area contributed by atoms with Gasteiger partial charge in [0.2, 0.25) is 0 Å². The van der Waals surface area contributed by atoms with Gasteiger partial charge in [-0.25, -0.2) is 0 Å². The molecule has 0 aliphatic rings. The van der Waals surface area contributed by atoms with Crippen LogP contribution in [0, 0.1) is 0 Å². The molecule has 0 spiro atoms. The number of aliphatic carboxylic acids is 1. The second kappa shape index (κ2) is 32.0. The normalized spacial score (nSPS) is 13.9. The third-order valence-electron chi connectivity index (χ3n) is 6.98. The first-order chi connectivity index (χ1) is 23.6. The zero-order valence-electron chi connectivity index (χ0n) is 31.0. The Bertz CT molecular complexity index is 1040. The molecule has 0 radical (unpaired) electrons. The van der Waals surface area contributed by atoms with Crippen LogP contribution < -0.4 is 5.11 Å². The maximum atomic E-state index is 12.6. The first kappa shape index (κ1) is 45.7. The summed E-state index contributed by atoms with van der Waals surface area (Å²) in [6.45, 7) is 4.39. The highest BCUT2D eigenvalue weighted by Crippen LogP contribution is 2.09. The molecule has 0 bridgehead atoms. The van der Waals surface area contributed by atoms with Gasteiger partial charge in [0.15, 0.2) is 12.4 Å². The Labute approximate surface area is 297 Å². The van der Waals surface area contributed by atoms with Crippen LogP contribution >= 0.6 is 0 Å². The minimum atomic E-state index is -1.64. The Kier molecular flexibility index (Phi) is 29.8. The van der Waals surface area contributed by atoms with Crippen LogP contribution in [0.4, 0.5) is 0 Å².